The van der Waals surface area contributed by atoms with Gasteiger partial charge in [-0.3, -0.25) is 19.5 Å². The van der Waals surface area contributed by atoms with Crippen LogP contribution in [0.4, 0.5) is 0 Å². The van der Waals surface area contributed by atoms with E-state index in [2.05, 4.69) is 24.9 Å². The van der Waals surface area contributed by atoms with Crippen LogP contribution in [-0.2, 0) is 14.3 Å². The van der Waals surface area contributed by atoms with Gasteiger partial charge in [0.05, 0.1) is 30.2 Å². The van der Waals surface area contributed by atoms with Crippen molar-refractivity contribution in [2.24, 2.45) is 23.7 Å². The Morgan fingerprint density at radius 1 is 1.17 bits per heavy atom. The zero-order valence-corrected chi connectivity index (χ0v) is 20.5. The smallest absolute Gasteiger partial charge is 0.233 e. The van der Waals surface area contributed by atoms with E-state index in [9.17, 15) is 14.7 Å². The van der Waals surface area contributed by atoms with Crippen LogP contribution in [-0.4, -0.2) is 46.6 Å². The Kier molecular flexibility index (Phi) is 6.32. The summed E-state index contributed by atoms with van der Waals surface area (Å²) in [5.41, 5.74) is 5.40. The van der Waals surface area contributed by atoms with Gasteiger partial charge in [-0.1, -0.05) is 37.6 Å². The van der Waals surface area contributed by atoms with Crippen molar-refractivity contribution in [3.63, 3.8) is 0 Å². The Hall–Kier alpha value is -3.25. The summed E-state index contributed by atoms with van der Waals surface area (Å²) in [6.07, 6.45) is 5.92. The van der Waals surface area contributed by atoms with Crippen LogP contribution in [0.5, 0.6) is 5.75 Å². The molecule has 3 aliphatic rings. The number of carbonyl (C=O) groups is 2. The molecule has 1 aromatic carbocycles. The first-order chi connectivity index (χ1) is 16.8. The maximum atomic E-state index is 12.9. The van der Waals surface area contributed by atoms with Crippen LogP contribution in [0, 0.1) is 23.7 Å². The number of aromatic hydroxyl groups is 1. The fourth-order valence-corrected chi connectivity index (χ4v) is 6.05. The number of hydrogen-bond acceptors (Lipinski definition) is 5. The molecule has 6 nitrogen and oxygen atoms in total. The molecule has 0 saturated carbocycles. The molecule has 1 aromatic heterocycles. The Balaban J connectivity index is 1.44. The van der Waals surface area contributed by atoms with E-state index in [-0.39, 0.29) is 41.4 Å². The van der Waals surface area contributed by atoms with Gasteiger partial charge in [-0.25, -0.2) is 0 Å². The van der Waals surface area contributed by atoms with Gasteiger partial charge in [-0.05, 0) is 72.2 Å². The van der Waals surface area contributed by atoms with Crippen molar-refractivity contribution in [3.05, 3.63) is 71.1 Å². The van der Waals surface area contributed by atoms with Crippen molar-refractivity contribution in [3.8, 4) is 5.75 Å². The molecular weight excluding hydrogens is 440 g/mol. The van der Waals surface area contributed by atoms with Crippen LogP contribution in [0.2, 0.25) is 0 Å². The lowest BCUT2D eigenvalue weighted by atomic mass is 9.67. The maximum absolute atomic E-state index is 12.9. The van der Waals surface area contributed by atoms with Crippen molar-refractivity contribution in [2.75, 3.05) is 13.7 Å². The van der Waals surface area contributed by atoms with E-state index < -0.39 is 0 Å². The zero-order chi connectivity index (χ0) is 24.7. The molecule has 2 aliphatic heterocycles. The summed E-state index contributed by atoms with van der Waals surface area (Å²) in [5.74, 6) is -0.163. The number of aromatic nitrogens is 1. The highest BCUT2D eigenvalue weighted by molar-refractivity contribution is 6.05. The minimum Gasteiger partial charge on any atom is -0.508 e. The maximum Gasteiger partial charge on any atom is 0.233 e. The summed E-state index contributed by atoms with van der Waals surface area (Å²) in [4.78, 5) is 31.6. The number of imide groups is 1. The molecule has 35 heavy (non-hydrogen) atoms. The minimum absolute atomic E-state index is 0.0223. The summed E-state index contributed by atoms with van der Waals surface area (Å²) in [6, 6.07) is 13.1. The predicted molar refractivity (Wildman–Crippen MR) is 134 cm³/mol. The molecule has 0 bridgehead atoms. The van der Waals surface area contributed by atoms with Crippen LogP contribution in [0.1, 0.15) is 44.4 Å². The third kappa shape index (κ3) is 4.31. The fourth-order valence-electron chi connectivity index (χ4n) is 6.05. The van der Waals surface area contributed by atoms with Crippen molar-refractivity contribution < 1.29 is 19.4 Å². The highest BCUT2D eigenvalue weighted by Crippen LogP contribution is 2.51. The first-order valence-corrected chi connectivity index (χ1v) is 12.4. The number of amides is 2. The Labute approximate surface area is 206 Å². The lowest BCUT2D eigenvalue weighted by Gasteiger charge is -2.33. The van der Waals surface area contributed by atoms with E-state index in [1.54, 1.807) is 25.4 Å². The first-order valence-electron chi connectivity index (χ1n) is 12.4. The minimum atomic E-state index is -0.298. The topological polar surface area (TPSA) is 79.7 Å². The SMILES string of the molecule is CC(C)C1=C2[C@@H](CC/C(=C/c3cccc(O)c3)c3ccccn3)OC[C@@H]2[C@@H]2C(=O)N(C)C(=O)[C@@H]2C1. The van der Waals surface area contributed by atoms with Crippen LogP contribution in [0.25, 0.3) is 11.6 Å². The van der Waals surface area contributed by atoms with Gasteiger partial charge in [-0.2, -0.15) is 0 Å². The molecule has 2 saturated heterocycles. The molecule has 4 atom stereocenters. The van der Waals surface area contributed by atoms with Gasteiger partial charge in [0.1, 0.15) is 5.75 Å². The summed E-state index contributed by atoms with van der Waals surface area (Å²) in [5, 5.41) is 9.92. The Morgan fingerprint density at radius 3 is 2.71 bits per heavy atom. The van der Waals surface area contributed by atoms with Crippen molar-refractivity contribution in [2.45, 2.75) is 39.2 Å². The molecule has 2 fully saturated rings. The van der Waals surface area contributed by atoms with E-state index in [4.69, 9.17) is 4.74 Å². The van der Waals surface area contributed by atoms with Gasteiger partial charge in [0, 0.05) is 19.2 Å². The number of carbonyl (C=O) groups excluding carboxylic acids is 2. The van der Waals surface area contributed by atoms with E-state index in [1.165, 1.54) is 16.0 Å². The average molecular weight is 473 g/mol. The highest BCUT2D eigenvalue weighted by Gasteiger charge is 2.56. The molecule has 2 amide bonds. The molecule has 182 valence electrons. The van der Waals surface area contributed by atoms with Gasteiger partial charge in [0.2, 0.25) is 11.8 Å². The van der Waals surface area contributed by atoms with Crippen LogP contribution >= 0.6 is 0 Å². The third-order valence-electron chi connectivity index (χ3n) is 7.74. The largest absolute Gasteiger partial charge is 0.508 e. The number of fused-ring (bicyclic) bond motifs is 3. The Bertz CT molecular complexity index is 1200. The molecular formula is C29H32N2O4. The van der Waals surface area contributed by atoms with Crippen molar-refractivity contribution in [1.29, 1.82) is 0 Å². The van der Waals surface area contributed by atoms with Crippen LogP contribution < -0.4 is 0 Å². The second kappa shape index (κ2) is 9.42. The molecule has 0 spiro atoms. The number of ether oxygens (including phenoxy) is 1. The molecule has 2 aromatic rings. The first kappa shape index (κ1) is 23.5. The summed E-state index contributed by atoms with van der Waals surface area (Å²) in [7, 11) is 1.61. The van der Waals surface area contributed by atoms with Crippen molar-refractivity contribution in [1.82, 2.24) is 9.88 Å². The number of benzene rings is 1. The predicted octanol–water partition coefficient (Wildman–Crippen LogP) is 4.71. The Morgan fingerprint density at radius 2 is 2.00 bits per heavy atom. The number of hydrogen-bond donors (Lipinski definition) is 1. The summed E-state index contributed by atoms with van der Waals surface area (Å²) < 4.78 is 6.34. The van der Waals surface area contributed by atoms with Crippen LogP contribution in [0.3, 0.4) is 0 Å². The molecule has 1 N–H and O–H groups in total. The second-order valence-electron chi connectivity index (χ2n) is 10.2. The van der Waals surface area contributed by atoms with Crippen LogP contribution in [0.15, 0.2) is 59.8 Å². The average Bonchev–Trinajstić information content (AvgIpc) is 3.36. The van der Waals surface area contributed by atoms with Gasteiger partial charge in [-0.15, -0.1) is 0 Å². The fraction of sp³-hybridized carbons (Fsp3) is 0.414. The molecule has 1 aliphatic carbocycles. The van der Waals surface area contributed by atoms with Gasteiger partial charge >= 0.3 is 0 Å². The zero-order valence-electron chi connectivity index (χ0n) is 20.5. The monoisotopic (exact) mass is 472 g/mol. The lowest BCUT2D eigenvalue weighted by Crippen LogP contribution is -2.34. The normalized spacial score (nSPS) is 26.5. The van der Waals surface area contributed by atoms with Gasteiger partial charge in [0.25, 0.3) is 0 Å². The molecule has 0 unspecified atom stereocenters. The number of nitrogens with zero attached hydrogens (tertiary/aromatic N) is 2. The molecule has 6 heteroatoms. The van der Waals surface area contributed by atoms with Gasteiger partial charge < -0.3 is 9.84 Å². The van der Waals surface area contributed by atoms with E-state index in [0.29, 0.717) is 18.9 Å². The molecule has 0 radical (unpaired) electrons. The number of allylic oxidation sites excluding steroid dienone is 2. The number of likely N-dealkylation sites (tertiary alicyclic amines) is 1. The standard InChI is InChI=1S/C29H32N2O4/c1-17(2)21-15-22-27(29(34)31(3)28(22)33)23-16-35-25(26(21)23)11-10-19(24-9-4-5-12-30-24)13-18-7-6-8-20(32)14-18/h4-9,12-14,17,22-23,25,27,32H,10-11,15-16H2,1-3H3/b19-13-/t22-,23+,25-,27-/m1/s1. The molecule has 5 rings (SSSR count). The molecule has 3 heterocycles. The number of rotatable bonds is 6. The summed E-state index contributed by atoms with van der Waals surface area (Å²) in [6.45, 7) is 4.82. The number of pyridine rings is 1. The van der Waals surface area contributed by atoms with Gasteiger partial charge in [0.15, 0.2) is 0 Å². The number of phenolic OH excluding ortho intramolecular Hbond substituents is 1. The second-order valence-corrected chi connectivity index (χ2v) is 10.2. The van der Waals surface area contributed by atoms with E-state index >= 15 is 0 Å². The number of phenols is 1. The van der Waals surface area contributed by atoms with E-state index in [0.717, 1.165) is 29.7 Å². The highest BCUT2D eigenvalue weighted by atomic mass is 16.5. The van der Waals surface area contributed by atoms with E-state index in [1.807, 2.05) is 30.3 Å². The lowest BCUT2D eigenvalue weighted by molar-refractivity contribution is -0.138. The quantitative estimate of drug-likeness (QED) is 0.487. The van der Waals surface area contributed by atoms with Crippen molar-refractivity contribution >= 4 is 23.5 Å². The summed E-state index contributed by atoms with van der Waals surface area (Å²) >= 11 is 0. The third-order valence-corrected chi connectivity index (χ3v) is 7.74.